The average Bonchev–Trinajstić information content (AvgIpc) is 0. The van der Waals surface area contributed by atoms with Crippen LogP contribution in [0.3, 0.4) is 0 Å². The minimum absolute atomic E-state index is 0. The van der Waals surface area contributed by atoms with Crippen molar-refractivity contribution in [3.8, 4) is 0 Å². The van der Waals surface area contributed by atoms with E-state index < -0.39 is 0 Å². The Morgan fingerprint density at radius 1 is 0.120 bits per heavy atom. The van der Waals surface area contributed by atoms with E-state index in [0.717, 1.165) is 0 Å². The van der Waals surface area contributed by atoms with Gasteiger partial charge in [0.25, 0.3) is 0 Å². The standard InChI is InChI=1S/Ba.8Mn.16H2O/h;;;;;;;;;16*1H2. The molecule has 0 bridgehead atoms. The van der Waals surface area contributed by atoms with Gasteiger partial charge in [0.2, 0.25) is 0 Å². The fourth-order valence-corrected chi connectivity index (χ4v) is 0. The molecule has 25 heavy (non-hydrogen) atoms. The third-order valence-corrected chi connectivity index (χ3v) is 0. The molecule has 0 aromatic carbocycles. The molecule has 0 unspecified atom stereocenters. The first-order chi connectivity index (χ1) is 0. The summed E-state index contributed by atoms with van der Waals surface area (Å²) in [5.74, 6) is 0. The van der Waals surface area contributed by atoms with Crippen molar-refractivity contribution in [2.24, 2.45) is 0 Å². The quantitative estimate of drug-likeness (QED) is 0.205. The van der Waals surface area contributed by atoms with Gasteiger partial charge in [-0.2, -0.15) is 0 Å². The topological polar surface area (TPSA) is 504 Å². The fourth-order valence-electron chi connectivity index (χ4n) is 0. The molecule has 0 fully saturated rings. The van der Waals surface area contributed by atoms with Gasteiger partial charge in [0.05, 0.1) is 0 Å². The fraction of sp³-hybridized carbons (Fsp3) is 0. The molecular formula is H32BaMn8O16. The predicted octanol–water partition coefficient (Wildman–Crippen LogP) is -13.6. The van der Waals surface area contributed by atoms with Crippen LogP contribution in [0.2, 0.25) is 0 Å². The van der Waals surface area contributed by atoms with E-state index in [-0.39, 0.29) is 273 Å². The molecule has 32 N–H and O–H groups in total. The Hall–Kier alpha value is 5.09. The zero-order chi connectivity index (χ0) is 0. The minimum atomic E-state index is 0. The van der Waals surface area contributed by atoms with E-state index in [1.54, 1.807) is 0 Å². The van der Waals surface area contributed by atoms with Gasteiger partial charge in [-0.1, -0.05) is 0 Å². The molecule has 25 heteroatoms. The summed E-state index contributed by atoms with van der Waals surface area (Å²) in [5, 5.41) is 0. The van der Waals surface area contributed by atoms with Crippen molar-refractivity contribution in [2.45, 2.75) is 0 Å². The molecule has 0 aliphatic carbocycles. The molecule has 0 saturated carbocycles. The van der Waals surface area contributed by atoms with Crippen LogP contribution >= 0.6 is 0 Å². The first kappa shape index (κ1) is 984. The van der Waals surface area contributed by atoms with Crippen LogP contribution < -0.4 is 0 Å². The van der Waals surface area contributed by atoms with E-state index in [1.165, 1.54) is 0 Å². The number of hydrogen-bond donors (Lipinski definition) is 0. The molecule has 16 nitrogen and oxygen atoms in total. The summed E-state index contributed by atoms with van der Waals surface area (Å²) in [4.78, 5) is 0. The van der Waals surface area contributed by atoms with Gasteiger partial charge in [-0.25, -0.2) is 0 Å². The Bertz CT molecular complexity index is 28.1. The van der Waals surface area contributed by atoms with Gasteiger partial charge in [0.15, 0.2) is 0 Å². The van der Waals surface area contributed by atoms with Crippen LogP contribution in [-0.2, 0) is 137 Å². The van der Waals surface area contributed by atoms with Gasteiger partial charge < -0.3 is 87.6 Å². The van der Waals surface area contributed by atoms with Crippen LogP contribution in [0.5, 0.6) is 0 Å². The predicted molar refractivity (Wildman–Crippen MR) is 63.6 cm³/mol. The molecule has 10 radical (unpaired) electrons. The molecule has 0 atom stereocenters. The smallest absolute Gasteiger partial charge is 0 e. The summed E-state index contributed by atoms with van der Waals surface area (Å²) in [6.45, 7) is 0. The number of hydrogen-bond acceptors (Lipinski definition) is 0. The van der Waals surface area contributed by atoms with E-state index in [0.29, 0.717) is 0 Å². The van der Waals surface area contributed by atoms with Gasteiger partial charge in [-0.15, -0.1) is 0 Å². The molecule has 0 heterocycles. The van der Waals surface area contributed by atoms with Crippen molar-refractivity contribution in [3.63, 3.8) is 0 Å². The minimum Gasteiger partial charge on any atom is -0.412 e. The second kappa shape index (κ2) is 887. The molecule has 0 amide bonds. The van der Waals surface area contributed by atoms with Crippen molar-refractivity contribution < 1.29 is 224 Å². The molecular weight excluding hydrogens is 833 g/mol. The maximum atomic E-state index is 0. The molecule has 0 rings (SSSR count). The molecule has 0 spiro atoms. The molecule has 0 aromatic heterocycles. The van der Waals surface area contributed by atoms with E-state index >= 15 is 0 Å². The zero-order valence-corrected chi connectivity index (χ0v) is 25.6. The van der Waals surface area contributed by atoms with Gasteiger partial charge >= 0.3 is 0 Å². The van der Waals surface area contributed by atoms with Crippen LogP contribution in [0.4, 0.5) is 0 Å². The largest absolute Gasteiger partial charge is 0.412 e. The Labute approximate surface area is 268 Å². The molecule has 0 aliphatic rings. The first-order valence-electron chi connectivity index (χ1n) is 0. The monoisotopic (exact) mass is 866 g/mol. The van der Waals surface area contributed by atoms with E-state index in [9.17, 15) is 0 Å². The third kappa shape index (κ3) is 825. The maximum Gasteiger partial charge on any atom is 0 e. The molecule has 186 valence electrons. The van der Waals surface area contributed by atoms with Crippen LogP contribution in [0.15, 0.2) is 0 Å². The number of rotatable bonds is 0. The summed E-state index contributed by atoms with van der Waals surface area (Å²) in [5.41, 5.74) is 0. The Morgan fingerprint density at radius 2 is 0.120 bits per heavy atom. The summed E-state index contributed by atoms with van der Waals surface area (Å²) >= 11 is 0. The Kier molecular flexibility index (Phi) is 34900. The molecule has 0 aliphatic heterocycles. The van der Waals surface area contributed by atoms with Crippen LogP contribution in [-0.4, -0.2) is 137 Å². The summed E-state index contributed by atoms with van der Waals surface area (Å²) in [6, 6.07) is 0. The van der Waals surface area contributed by atoms with Gasteiger partial charge in [0, 0.05) is 185 Å². The third-order valence-electron chi connectivity index (χ3n) is 0. The van der Waals surface area contributed by atoms with Crippen LogP contribution in [0.1, 0.15) is 0 Å². The molecule has 0 aromatic rings. The average molecular weight is 865 g/mol. The van der Waals surface area contributed by atoms with Crippen molar-refractivity contribution >= 4 is 48.9 Å². The van der Waals surface area contributed by atoms with Crippen molar-refractivity contribution in [1.82, 2.24) is 0 Å². The van der Waals surface area contributed by atoms with E-state index in [4.69, 9.17) is 0 Å². The van der Waals surface area contributed by atoms with Crippen LogP contribution in [0.25, 0.3) is 0 Å². The van der Waals surface area contributed by atoms with Crippen LogP contribution in [0, 0.1) is 0 Å². The first-order valence-corrected chi connectivity index (χ1v) is 0. The van der Waals surface area contributed by atoms with Crippen molar-refractivity contribution in [1.29, 1.82) is 0 Å². The van der Waals surface area contributed by atoms with Gasteiger partial charge in [-0.3, -0.25) is 0 Å². The van der Waals surface area contributed by atoms with Crippen molar-refractivity contribution in [2.75, 3.05) is 0 Å². The van der Waals surface area contributed by atoms with E-state index in [2.05, 4.69) is 0 Å². The van der Waals surface area contributed by atoms with Crippen molar-refractivity contribution in [3.05, 3.63) is 0 Å². The summed E-state index contributed by atoms with van der Waals surface area (Å²) < 4.78 is 0. The Balaban J connectivity index is 0. The zero-order valence-electron chi connectivity index (χ0n) is 11.7. The van der Waals surface area contributed by atoms with Gasteiger partial charge in [0.1, 0.15) is 0 Å². The SMILES string of the molecule is O.O.O.O.O.O.O.O.O.O.O.O.O.O.O.O.[Ba].[Mn].[Mn].[Mn].[Mn].[Mn].[Mn].[Mn].[Mn]. The molecule has 0 saturated heterocycles. The summed E-state index contributed by atoms with van der Waals surface area (Å²) in [7, 11) is 0. The normalized spacial score (nSPS) is 0. The Morgan fingerprint density at radius 3 is 0.120 bits per heavy atom. The second-order valence-electron chi connectivity index (χ2n) is 0. The maximum absolute atomic E-state index is 0. The summed E-state index contributed by atoms with van der Waals surface area (Å²) in [6.07, 6.45) is 0. The van der Waals surface area contributed by atoms with E-state index in [1.807, 2.05) is 0 Å². The second-order valence-corrected chi connectivity index (χ2v) is 0. The van der Waals surface area contributed by atoms with Gasteiger partial charge in [-0.05, 0) is 0 Å².